The molecule has 0 bridgehead atoms. The van der Waals surface area contributed by atoms with Crippen LogP contribution in [0.5, 0.6) is 0 Å². The van der Waals surface area contributed by atoms with Gasteiger partial charge in [0, 0.05) is 11.4 Å². The molecule has 0 spiro atoms. The number of nitrogens with zero attached hydrogens (tertiary/aromatic N) is 2. The molecule has 1 aromatic heterocycles. The fourth-order valence-corrected chi connectivity index (χ4v) is 3.63. The van der Waals surface area contributed by atoms with Crippen molar-refractivity contribution in [2.24, 2.45) is 0 Å². The molecule has 0 saturated heterocycles. The third-order valence-corrected chi connectivity index (χ3v) is 5.08. The smallest absolute Gasteiger partial charge is 0.0852 e. The molecule has 0 radical (unpaired) electrons. The van der Waals surface area contributed by atoms with Crippen molar-refractivity contribution in [3.63, 3.8) is 0 Å². The van der Waals surface area contributed by atoms with Gasteiger partial charge in [-0.25, -0.2) is 0 Å². The van der Waals surface area contributed by atoms with Gasteiger partial charge in [-0.1, -0.05) is 42.5 Å². The van der Waals surface area contributed by atoms with E-state index < -0.39 is 0 Å². The molecule has 2 N–H and O–H groups in total. The molecule has 0 unspecified atom stereocenters. The third kappa shape index (κ3) is 2.68. The van der Waals surface area contributed by atoms with Crippen LogP contribution in [0, 0.1) is 11.3 Å². The molecule has 3 aromatic rings. The second kappa shape index (κ2) is 6.10. The lowest BCUT2D eigenvalue weighted by atomic mass is 9.62. The minimum Gasteiger partial charge on any atom is -0.314 e. The number of rotatable bonds is 5. The van der Waals surface area contributed by atoms with Crippen LogP contribution in [0.2, 0.25) is 0 Å². The second-order valence-electron chi connectivity index (χ2n) is 6.66. The molecule has 0 aliphatic heterocycles. The molecule has 120 valence electrons. The molecule has 4 rings (SSSR count). The average molecular weight is 316 g/mol. The first-order valence-electron chi connectivity index (χ1n) is 8.41. The van der Waals surface area contributed by atoms with Crippen molar-refractivity contribution in [3.8, 4) is 6.07 Å². The van der Waals surface area contributed by atoms with Crippen molar-refractivity contribution < 1.29 is 0 Å². The summed E-state index contributed by atoms with van der Waals surface area (Å²) >= 11 is 0. The molecule has 1 aliphatic carbocycles. The first-order chi connectivity index (χ1) is 11.8. The highest BCUT2D eigenvalue weighted by molar-refractivity contribution is 5.78. The molecule has 1 aliphatic rings. The largest absolute Gasteiger partial charge is 0.314 e. The summed E-state index contributed by atoms with van der Waals surface area (Å²) in [5, 5.41) is 21.4. The van der Waals surface area contributed by atoms with Gasteiger partial charge in [-0.3, -0.25) is 5.10 Å². The Balaban J connectivity index is 1.31. The Kier molecular flexibility index (Phi) is 3.79. The molecule has 4 heteroatoms. The van der Waals surface area contributed by atoms with Crippen LogP contribution in [-0.2, 0) is 11.8 Å². The van der Waals surface area contributed by atoms with E-state index in [0.717, 1.165) is 42.3 Å². The van der Waals surface area contributed by atoms with E-state index in [-0.39, 0.29) is 5.41 Å². The molecular formula is C20H20N4. The van der Waals surface area contributed by atoms with E-state index in [4.69, 9.17) is 0 Å². The van der Waals surface area contributed by atoms with E-state index in [1.807, 2.05) is 24.4 Å². The number of hydrogen-bond donors (Lipinski definition) is 2. The highest BCUT2D eigenvalue weighted by Gasteiger charge is 2.45. The number of nitrogens with one attached hydrogen (secondary N) is 2. The minimum atomic E-state index is -0.298. The van der Waals surface area contributed by atoms with Gasteiger partial charge in [-0.05, 0) is 43.0 Å². The average Bonchev–Trinajstić information content (AvgIpc) is 3.05. The molecule has 1 heterocycles. The van der Waals surface area contributed by atoms with Crippen LogP contribution in [0.3, 0.4) is 0 Å². The maximum Gasteiger partial charge on any atom is 0.0852 e. The summed E-state index contributed by atoms with van der Waals surface area (Å²) in [4.78, 5) is 0. The Morgan fingerprint density at radius 2 is 2.04 bits per heavy atom. The second-order valence-corrected chi connectivity index (χ2v) is 6.66. The van der Waals surface area contributed by atoms with E-state index in [1.165, 1.54) is 5.56 Å². The maximum absolute atomic E-state index is 9.60. The van der Waals surface area contributed by atoms with Crippen LogP contribution in [-0.4, -0.2) is 22.8 Å². The number of aromatic amines is 1. The van der Waals surface area contributed by atoms with Crippen LogP contribution in [0.25, 0.3) is 10.9 Å². The third-order valence-electron chi connectivity index (χ3n) is 5.08. The summed E-state index contributed by atoms with van der Waals surface area (Å²) in [7, 11) is 0. The van der Waals surface area contributed by atoms with E-state index in [1.54, 1.807) is 0 Å². The van der Waals surface area contributed by atoms with Gasteiger partial charge in [0.15, 0.2) is 0 Å². The highest BCUT2D eigenvalue weighted by atomic mass is 15.1. The van der Waals surface area contributed by atoms with Gasteiger partial charge in [-0.2, -0.15) is 10.4 Å². The maximum atomic E-state index is 9.60. The zero-order chi connectivity index (χ0) is 16.4. The Labute approximate surface area is 141 Å². The molecule has 0 atom stereocenters. The Bertz CT molecular complexity index is 869. The van der Waals surface area contributed by atoms with Crippen LogP contribution in [0.4, 0.5) is 0 Å². The zero-order valence-electron chi connectivity index (χ0n) is 13.5. The SMILES string of the molecule is N#CC1(c2ccccc2)CC(NCCc2ccc3cn[nH]c3c2)C1. The van der Waals surface area contributed by atoms with Crippen molar-refractivity contribution in [1.29, 1.82) is 5.26 Å². The van der Waals surface area contributed by atoms with Crippen molar-refractivity contribution in [2.75, 3.05) is 6.54 Å². The predicted molar refractivity (Wildman–Crippen MR) is 94.6 cm³/mol. The quantitative estimate of drug-likeness (QED) is 0.759. The van der Waals surface area contributed by atoms with Gasteiger partial charge in [-0.15, -0.1) is 0 Å². The Morgan fingerprint density at radius 3 is 2.83 bits per heavy atom. The van der Waals surface area contributed by atoms with Gasteiger partial charge >= 0.3 is 0 Å². The number of nitriles is 1. The number of aromatic nitrogens is 2. The standard InChI is InChI=1S/C20H20N4/c21-14-20(17-4-2-1-3-5-17)11-18(12-20)22-9-8-15-6-7-16-13-23-24-19(16)10-15/h1-7,10,13,18,22H,8-9,11-12H2,(H,23,24). The predicted octanol–water partition coefficient (Wildman–Crippen LogP) is 3.32. The Morgan fingerprint density at radius 1 is 1.21 bits per heavy atom. The molecule has 1 saturated carbocycles. The zero-order valence-corrected chi connectivity index (χ0v) is 13.5. The van der Waals surface area contributed by atoms with Crippen molar-refractivity contribution >= 4 is 10.9 Å². The monoisotopic (exact) mass is 316 g/mol. The van der Waals surface area contributed by atoms with Gasteiger partial charge in [0.1, 0.15) is 0 Å². The number of H-pyrrole nitrogens is 1. The van der Waals surface area contributed by atoms with E-state index in [9.17, 15) is 5.26 Å². The summed E-state index contributed by atoms with van der Waals surface area (Å²) in [6.45, 7) is 0.931. The lowest BCUT2D eigenvalue weighted by molar-refractivity contribution is 0.228. The summed E-state index contributed by atoms with van der Waals surface area (Å²) in [5.74, 6) is 0. The minimum absolute atomic E-state index is 0.298. The number of hydrogen-bond acceptors (Lipinski definition) is 3. The van der Waals surface area contributed by atoms with Crippen molar-refractivity contribution in [1.82, 2.24) is 15.5 Å². The molecule has 1 fully saturated rings. The summed E-state index contributed by atoms with van der Waals surface area (Å²) in [6, 6.07) is 19.6. The van der Waals surface area contributed by atoms with Crippen molar-refractivity contribution in [3.05, 3.63) is 65.9 Å². The van der Waals surface area contributed by atoms with Crippen LogP contribution >= 0.6 is 0 Å². The van der Waals surface area contributed by atoms with Crippen LogP contribution < -0.4 is 5.32 Å². The van der Waals surface area contributed by atoms with Gasteiger partial charge < -0.3 is 5.32 Å². The topological polar surface area (TPSA) is 64.5 Å². The molecule has 2 aromatic carbocycles. The fourth-order valence-electron chi connectivity index (χ4n) is 3.63. The summed E-state index contributed by atoms with van der Waals surface area (Å²) in [5.41, 5.74) is 3.24. The Hall–Kier alpha value is -2.64. The van der Waals surface area contributed by atoms with E-state index in [2.05, 4.69) is 51.9 Å². The van der Waals surface area contributed by atoms with Crippen LogP contribution in [0.1, 0.15) is 24.0 Å². The van der Waals surface area contributed by atoms with Gasteiger partial charge in [0.25, 0.3) is 0 Å². The van der Waals surface area contributed by atoms with Crippen molar-refractivity contribution in [2.45, 2.75) is 30.7 Å². The number of benzene rings is 2. The lowest BCUT2D eigenvalue weighted by Gasteiger charge is -2.43. The van der Waals surface area contributed by atoms with Gasteiger partial charge in [0.2, 0.25) is 0 Å². The highest BCUT2D eigenvalue weighted by Crippen LogP contribution is 2.43. The molecular weight excluding hydrogens is 296 g/mol. The molecule has 24 heavy (non-hydrogen) atoms. The molecule has 4 nitrogen and oxygen atoms in total. The van der Waals surface area contributed by atoms with E-state index in [0.29, 0.717) is 6.04 Å². The fraction of sp³-hybridized carbons (Fsp3) is 0.300. The van der Waals surface area contributed by atoms with E-state index >= 15 is 0 Å². The summed E-state index contributed by atoms with van der Waals surface area (Å²) < 4.78 is 0. The first-order valence-corrected chi connectivity index (χ1v) is 8.41. The normalized spacial score (nSPS) is 22.9. The molecule has 0 amide bonds. The van der Waals surface area contributed by atoms with Gasteiger partial charge in [0.05, 0.1) is 23.2 Å². The van der Waals surface area contributed by atoms with Crippen LogP contribution in [0.15, 0.2) is 54.7 Å². The summed E-state index contributed by atoms with van der Waals surface area (Å²) in [6.07, 6.45) is 4.62. The first kappa shape index (κ1) is 14.9. The number of fused-ring (bicyclic) bond motifs is 1. The lowest BCUT2D eigenvalue weighted by Crippen LogP contribution is -2.51.